The summed E-state index contributed by atoms with van der Waals surface area (Å²) in [5.41, 5.74) is 3.15. The van der Waals surface area contributed by atoms with Gasteiger partial charge in [-0.25, -0.2) is 4.79 Å². The molecule has 0 bridgehead atoms. The van der Waals surface area contributed by atoms with Crippen LogP contribution >= 0.6 is 15.9 Å². The highest BCUT2D eigenvalue weighted by Crippen LogP contribution is 2.33. The Morgan fingerprint density at radius 3 is 2.54 bits per heavy atom. The Kier molecular flexibility index (Phi) is 6.61. The van der Waals surface area contributed by atoms with E-state index in [1.54, 1.807) is 30.5 Å². The number of hydrogen-bond donors (Lipinski definition) is 1. The molecule has 3 rings (SSSR count). The van der Waals surface area contributed by atoms with E-state index in [4.69, 9.17) is 4.74 Å². The van der Waals surface area contributed by atoms with Gasteiger partial charge in [0.05, 0.1) is 5.56 Å². The Balaban J connectivity index is 1.71. The fourth-order valence-electron chi connectivity index (χ4n) is 2.62. The molecule has 28 heavy (non-hydrogen) atoms. The predicted molar refractivity (Wildman–Crippen MR) is 115 cm³/mol. The number of ether oxygens (including phenoxy) is 1. The number of carbonyl (C=O) groups excluding carboxylic acids is 1. The highest BCUT2D eigenvalue weighted by atomic mass is 79.9. The van der Waals surface area contributed by atoms with Crippen molar-refractivity contribution < 1.29 is 14.6 Å². The molecule has 0 saturated heterocycles. The number of aromatic hydroxyl groups is 1. The summed E-state index contributed by atoms with van der Waals surface area (Å²) in [6.45, 7) is 2.53. The van der Waals surface area contributed by atoms with E-state index in [0.29, 0.717) is 22.1 Å². The summed E-state index contributed by atoms with van der Waals surface area (Å²) < 4.78 is 6.07. The molecule has 0 radical (unpaired) electrons. The molecule has 0 aromatic heterocycles. The molecule has 0 aliphatic heterocycles. The molecule has 0 amide bonds. The lowest BCUT2D eigenvalue weighted by Gasteiger charge is -2.09. The van der Waals surface area contributed by atoms with Gasteiger partial charge < -0.3 is 9.84 Å². The Bertz CT molecular complexity index is 983. The number of nitrogens with zero attached hydrogens (tertiary/aromatic N) is 1. The second kappa shape index (κ2) is 9.33. The number of aryl methyl sites for hydroxylation is 1. The van der Waals surface area contributed by atoms with E-state index < -0.39 is 5.97 Å². The van der Waals surface area contributed by atoms with Gasteiger partial charge in [-0.15, -0.1) is 0 Å². The smallest absolute Gasteiger partial charge is 0.343 e. The van der Waals surface area contributed by atoms with Crippen LogP contribution in [0.15, 0.2) is 76.2 Å². The van der Waals surface area contributed by atoms with E-state index in [-0.39, 0.29) is 11.5 Å². The third-order valence-corrected chi connectivity index (χ3v) is 4.62. The van der Waals surface area contributed by atoms with Crippen molar-refractivity contribution in [3.63, 3.8) is 0 Å². The van der Waals surface area contributed by atoms with E-state index in [2.05, 4.69) is 33.1 Å². The maximum atomic E-state index is 12.3. The Morgan fingerprint density at radius 1 is 1.11 bits per heavy atom. The summed E-state index contributed by atoms with van der Waals surface area (Å²) in [5.74, 6) is -0.558. The number of rotatable bonds is 6. The second-order valence-corrected chi connectivity index (χ2v) is 7.28. The van der Waals surface area contributed by atoms with Crippen molar-refractivity contribution in [1.82, 2.24) is 0 Å². The number of phenolic OH excluding ortho intramolecular Hbond substituents is 1. The number of carbonyl (C=O) groups is 1. The lowest BCUT2D eigenvalue weighted by molar-refractivity contribution is 0.0729. The van der Waals surface area contributed by atoms with Crippen molar-refractivity contribution in [2.45, 2.75) is 13.3 Å². The maximum absolute atomic E-state index is 12.3. The summed E-state index contributed by atoms with van der Waals surface area (Å²) >= 11 is 3.38. The summed E-state index contributed by atoms with van der Waals surface area (Å²) in [5, 5.41) is 10.5. The minimum absolute atomic E-state index is 0.0875. The summed E-state index contributed by atoms with van der Waals surface area (Å²) in [6, 6.07) is 20.4. The molecule has 0 aliphatic rings. The number of aliphatic imine (C=N–C) groups is 1. The van der Waals surface area contributed by atoms with Crippen LogP contribution in [0.2, 0.25) is 0 Å². The largest absolute Gasteiger partial charge is 0.504 e. The van der Waals surface area contributed by atoms with Crippen LogP contribution in [0.25, 0.3) is 0 Å². The molecule has 4 nitrogen and oxygen atoms in total. The topological polar surface area (TPSA) is 58.9 Å². The van der Waals surface area contributed by atoms with E-state index in [1.807, 2.05) is 37.3 Å². The standard InChI is InChI=1S/C23H20BrNO3/c1-16-7-9-18(10-8-16)23(27)28-21-14-20(24)13-19(22(21)26)15-25-12-11-17-5-3-2-4-6-17/h2-10,13-15,26H,11-12H2,1H3. The van der Waals surface area contributed by atoms with Gasteiger partial charge in [0.1, 0.15) is 0 Å². The molecule has 0 heterocycles. The lowest BCUT2D eigenvalue weighted by Crippen LogP contribution is -2.09. The van der Waals surface area contributed by atoms with Gasteiger partial charge in [0, 0.05) is 22.8 Å². The van der Waals surface area contributed by atoms with E-state index >= 15 is 0 Å². The van der Waals surface area contributed by atoms with E-state index in [9.17, 15) is 9.90 Å². The third-order valence-electron chi connectivity index (χ3n) is 4.16. The highest BCUT2D eigenvalue weighted by Gasteiger charge is 2.15. The van der Waals surface area contributed by atoms with Gasteiger partial charge in [-0.1, -0.05) is 64.0 Å². The highest BCUT2D eigenvalue weighted by molar-refractivity contribution is 9.10. The summed E-state index contributed by atoms with van der Waals surface area (Å²) in [4.78, 5) is 16.7. The lowest BCUT2D eigenvalue weighted by atomic mass is 10.1. The molecule has 3 aromatic rings. The molecule has 0 aliphatic carbocycles. The number of phenols is 1. The Morgan fingerprint density at radius 2 is 1.82 bits per heavy atom. The van der Waals surface area contributed by atoms with Crippen LogP contribution < -0.4 is 4.74 Å². The van der Waals surface area contributed by atoms with Gasteiger partial charge >= 0.3 is 5.97 Å². The fourth-order valence-corrected chi connectivity index (χ4v) is 3.07. The SMILES string of the molecule is Cc1ccc(C(=O)Oc2cc(Br)cc(C=NCCc3ccccc3)c2O)cc1. The van der Waals surface area contributed by atoms with Crippen LogP contribution in [-0.2, 0) is 6.42 Å². The molecule has 3 aromatic carbocycles. The molecule has 0 unspecified atom stereocenters. The number of benzene rings is 3. The third kappa shape index (κ3) is 5.30. The molecular formula is C23H20BrNO3. The van der Waals surface area contributed by atoms with Crippen molar-refractivity contribution >= 4 is 28.1 Å². The zero-order chi connectivity index (χ0) is 19.9. The minimum Gasteiger partial charge on any atom is -0.504 e. The maximum Gasteiger partial charge on any atom is 0.343 e. The monoisotopic (exact) mass is 437 g/mol. The Hall–Kier alpha value is -2.92. The number of esters is 1. The quantitative estimate of drug-likeness (QED) is 0.321. The van der Waals surface area contributed by atoms with Gasteiger partial charge in [-0.2, -0.15) is 0 Å². The normalized spacial score (nSPS) is 10.9. The zero-order valence-corrected chi connectivity index (χ0v) is 17.0. The molecule has 0 spiro atoms. The van der Waals surface area contributed by atoms with Crippen molar-refractivity contribution in [3.8, 4) is 11.5 Å². The van der Waals surface area contributed by atoms with Crippen LogP contribution in [0.1, 0.15) is 27.0 Å². The van der Waals surface area contributed by atoms with Crippen molar-refractivity contribution in [2.75, 3.05) is 6.54 Å². The van der Waals surface area contributed by atoms with Crippen LogP contribution in [-0.4, -0.2) is 23.8 Å². The molecule has 0 fully saturated rings. The predicted octanol–water partition coefficient (Wildman–Crippen LogP) is 5.34. The van der Waals surface area contributed by atoms with Crippen molar-refractivity contribution in [3.05, 3.63) is 93.5 Å². The van der Waals surface area contributed by atoms with Crippen LogP contribution in [0.3, 0.4) is 0 Å². The van der Waals surface area contributed by atoms with E-state index in [0.717, 1.165) is 12.0 Å². The molecule has 0 saturated carbocycles. The molecule has 5 heteroatoms. The second-order valence-electron chi connectivity index (χ2n) is 6.37. The molecule has 142 valence electrons. The van der Waals surface area contributed by atoms with Gasteiger partial charge in [-0.05, 0) is 43.2 Å². The molecule has 0 atom stereocenters. The van der Waals surface area contributed by atoms with Gasteiger partial charge in [0.25, 0.3) is 0 Å². The summed E-state index contributed by atoms with van der Waals surface area (Å²) in [6.07, 6.45) is 2.40. The first-order valence-corrected chi connectivity index (χ1v) is 9.67. The molecule has 1 N–H and O–H groups in total. The average Bonchev–Trinajstić information content (AvgIpc) is 2.69. The zero-order valence-electron chi connectivity index (χ0n) is 15.4. The van der Waals surface area contributed by atoms with Crippen molar-refractivity contribution in [2.24, 2.45) is 4.99 Å². The van der Waals surface area contributed by atoms with Gasteiger partial charge in [0.2, 0.25) is 0 Å². The number of halogens is 1. The van der Waals surface area contributed by atoms with Crippen LogP contribution in [0.5, 0.6) is 11.5 Å². The van der Waals surface area contributed by atoms with Gasteiger partial charge in [-0.3, -0.25) is 4.99 Å². The summed E-state index contributed by atoms with van der Waals surface area (Å²) in [7, 11) is 0. The number of hydrogen-bond acceptors (Lipinski definition) is 4. The van der Waals surface area contributed by atoms with Crippen molar-refractivity contribution in [1.29, 1.82) is 0 Å². The first-order valence-electron chi connectivity index (χ1n) is 8.88. The minimum atomic E-state index is -0.527. The van der Waals surface area contributed by atoms with E-state index in [1.165, 1.54) is 5.56 Å². The van der Waals surface area contributed by atoms with Crippen LogP contribution in [0, 0.1) is 6.92 Å². The first kappa shape index (κ1) is 19.8. The first-order chi connectivity index (χ1) is 13.5. The fraction of sp³-hybridized carbons (Fsp3) is 0.130. The molecular weight excluding hydrogens is 418 g/mol. The van der Waals surface area contributed by atoms with Crippen LogP contribution in [0.4, 0.5) is 0 Å². The Labute approximate surface area is 172 Å². The van der Waals surface area contributed by atoms with Gasteiger partial charge in [0.15, 0.2) is 11.5 Å². The average molecular weight is 438 g/mol.